The van der Waals surface area contributed by atoms with E-state index in [2.05, 4.69) is 5.32 Å². The van der Waals surface area contributed by atoms with Gasteiger partial charge in [-0.05, 0) is 12.1 Å². The number of carboxylic acids is 1. The summed E-state index contributed by atoms with van der Waals surface area (Å²) in [6.45, 7) is -0.365. The van der Waals surface area contributed by atoms with Gasteiger partial charge in [0.1, 0.15) is 11.9 Å². The quantitative estimate of drug-likeness (QED) is 0.570. The van der Waals surface area contributed by atoms with Crippen molar-refractivity contribution in [1.29, 1.82) is 0 Å². The lowest BCUT2D eigenvalue weighted by Crippen LogP contribution is -2.34. The minimum Gasteiger partial charge on any atom is -0.478 e. The SMILES string of the molecule is NC(=O)C(O)CNc1c(F)cccc1C(=O)O. The van der Waals surface area contributed by atoms with Crippen LogP contribution in [-0.2, 0) is 4.79 Å². The highest BCUT2D eigenvalue weighted by Crippen LogP contribution is 2.19. The van der Waals surface area contributed by atoms with E-state index in [1.54, 1.807) is 0 Å². The van der Waals surface area contributed by atoms with Crippen molar-refractivity contribution < 1.29 is 24.2 Å². The number of anilines is 1. The van der Waals surface area contributed by atoms with Crippen molar-refractivity contribution >= 4 is 17.6 Å². The number of amides is 1. The Labute approximate surface area is 95.9 Å². The fraction of sp³-hybridized carbons (Fsp3) is 0.200. The number of nitrogens with two attached hydrogens (primary N) is 1. The first kappa shape index (κ1) is 12.9. The van der Waals surface area contributed by atoms with Crippen LogP contribution in [0.15, 0.2) is 18.2 Å². The number of primary amides is 1. The highest BCUT2D eigenvalue weighted by atomic mass is 19.1. The van der Waals surface area contributed by atoms with Crippen molar-refractivity contribution in [3.63, 3.8) is 0 Å². The van der Waals surface area contributed by atoms with Crippen molar-refractivity contribution in [2.45, 2.75) is 6.10 Å². The minimum atomic E-state index is -1.52. The van der Waals surface area contributed by atoms with E-state index in [4.69, 9.17) is 15.9 Å². The molecule has 1 unspecified atom stereocenters. The second kappa shape index (κ2) is 5.26. The summed E-state index contributed by atoms with van der Waals surface area (Å²) < 4.78 is 13.3. The fourth-order valence-corrected chi connectivity index (χ4v) is 1.18. The van der Waals surface area contributed by atoms with E-state index in [-0.39, 0.29) is 17.8 Å². The number of benzene rings is 1. The number of rotatable bonds is 5. The lowest BCUT2D eigenvalue weighted by molar-refractivity contribution is -0.125. The van der Waals surface area contributed by atoms with Crippen LogP contribution in [0.2, 0.25) is 0 Å². The number of hydrogen-bond acceptors (Lipinski definition) is 4. The van der Waals surface area contributed by atoms with Crippen LogP contribution in [-0.4, -0.2) is 34.7 Å². The van der Waals surface area contributed by atoms with Gasteiger partial charge >= 0.3 is 5.97 Å². The van der Waals surface area contributed by atoms with E-state index in [9.17, 15) is 14.0 Å². The largest absolute Gasteiger partial charge is 0.478 e. The number of para-hydroxylation sites is 1. The number of aromatic carboxylic acids is 1. The van der Waals surface area contributed by atoms with Gasteiger partial charge in [0.25, 0.3) is 0 Å². The molecular formula is C10H11FN2O4. The van der Waals surface area contributed by atoms with Gasteiger partial charge in [0.2, 0.25) is 5.91 Å². The summed E-state index contributed by atoms with van der Waals surface area (Å²) in [6, 6.07) is 3.50. The average molecular weight is 242 g/mol. The maximum atomic E-state index is 13.3. The Morgan fingerprint density at radius 2 is 2.12 bits per heavy atom. The molecule has 1 rings (SSSR count). The van der Waals surface area contributed by atoms with Crippen LogP contribution in [0.4, 0.5) is 10.1 Å². The molecule has 0 saturated heterocycles. The van der Waals surface area contributed by atoms with Gasteiger partial charge in [0, 0.05) is 6.54 Å². The number of nitrogens with one attached hydrogen (secondary N) is 1. The van der Waals surface area contributed by atoms with Gasteiger partial charge in [-0.1, -0.05) is 6.07 Å². The van der Waals surface area contributed by atoms with Crippen LogP contribution in [0.25, 0.3) is 0 Å². The molecule has 0 aromatic heterocycles. The molecule has 92 valence electrons. The highest BCUT2D eigenvalue weighted by Gasteiger charge is 2.16. The first-order valence-corrected chi connectivity index (χ1v) is 4.66. The van der Waals surface area contributed by atoms with Gasteiger partial charge in [-0.2, -0.15) is 0 Å². The van der Waals surface area contributed by atoms with E-state index < -0.39 is 23.8 Å². The highest BCUT2D eigenvalue weighted by molar-refractivity contribution is 5.94. The number of hydrogen-bond donors (Lipinski definition) is 4. The molecule has 0 spiro atoms. The third kappa shape index (κ3) is 3.15. The fourth-order valence-electron chi connectivity index (χ4n) is 1.18. The summed E-state index contributed by atoms with van der Waals surface area (Å²) in [5.74, 6) is -3.09. The Hall–Kier alpha value is -2.15. The van der Waals surface area contributed by atoms with Gasteiger partial charge in [-0.15, -0.1) is 0 Å². The third-order valence-corrected chi connectivity index (χ3v) is 2.04. The molecule has 0 aliphatic rings. The zero-order chi connectivity index (χ0) is 13.0. The lowest BCUT2D eigenvalue weighted by atomic mass is 10.1. The van der Waals surface area contributed by atoms with Crippen LogP contribution < -0.4 is 11.1 Å². The normalized spacial score (nSPS) is 11.9. The number of carboxylic acid groups (broad SMARTS) is 1. The van der Waals surface area contributed by atoms with E-state index in [1.165, 1.54) is 12.1 Å². The first-order valence-electron chi connectivity index (χ1n) is 4.66. The summed E-state index contributed by atoms with van der Waals surface area (Å²) in [5, 5.41) is 20.2. The maximum Gasteiger partial charge on any atom is 0.337 e. The second-order valence-corrected chi connectivity index (χ2v) is 3.27. The molecule has 6 nitrogen and oxygen atoms in total. The molecule has 0 saturated carbocycles. The van der Waals surface area contributed by atoms with Gasteiger partial charge < -0.3 is 21.3 Å². The Morgan fingerprint density at radius 1 is 1.47 bits per heavy atom. The van der Waals surface area contributed by atoms with Gasteiger partial charge in [-0.3, -0.25) is 4.79 Å². The predicted molar refractivity (Wildman–Crippen MR) is 57.1 cm³/mol. The zero-order valence-electron chi connectivity index (χ0n) is 8.68. The molecule has 0 aliphatic carbocycles. The van der Waals surface area contributed by atoms with Gasteiger partial charge in [0.15, 0.2) is 0 Å². The molecule has 1 atom stereocenters. The Morgan fingerprint density at radius 3 is 2.65 bits per heavy atom. The number of aliphatic hydroxyl groups is 1. The standard InChI is InChI=1S/C10H11FN2O4/c11-6-3-1-2-5(10(16)17)8(6)13-4-7(14)9(12)15/h1-3,7,13-14H,4H2,(H2,12,15)(H,16,17). The summed E-state index contributed by atoms with van der Waals surface area (Å²) in [6.07, 6.45) is -1.52. The van der Waals surface area contributed by atoms with Crippen molar-refractivity contribution in [3.8, 4) is 0 Å². The van der Waals surface area contributed by atoms with Gasteiger partial charge in [-0.25, -0.2) is 9.18 Å². The Bertz CT molecular complexity index is 450. The molecule has 7 heteroatoms. The zero-order valence-corrected chi connectivity index (χ0v) is 8.68. The predicted octanol–water partition coefficient (Wildman–Crippen LogP) is -0.218. The summed E-state index contributed by atoms with van der Waals surface area (Å²) in [4.78, 5) is 21.3. The Kier molecular flexibility index (Phi) is 4.00. The molecule has 0 heterocycles. The molecule has 1 aromatic rings. The van der Waals surface area contributed by atoms with Crippen molar-refractivity contribution in [3.05, 3.63) is 29.6 Å². The molecule has 0 radical (unpaired) electrons. The summed E-state index contributed by atoms with van der Waals surface area (Å²) >= 11 is 0. The van der Waals surface area contributed by atoms with Crippen LogP contribution in [0, 0.1) is 5.82 Å². The molecular weight excluding hydrogens is 231 g/mol. The molecule has 0 fully saturated rings. The van der Waals surface area contributed by atoms with Crippen LogP contribution >= 0.6 is 0 Å². The molecule has 0 aliphatic heterocycles. The molecule has 5 N–H and O–H groups in total. The lowest BCUT2D eigenvalue weighted by Gasteiger charge is -2.12. The molecule has 1 amide bonds. The van der Waals surface area contributed by atoms with E-state index in [0.717, 1.165) is 6.07 Å². The maximum absolute atomic E-state index is 13.3. The van der Waals surface area contributed by atoms with E-state index in [0.29, 0.717) is 0 Å². The van der Waals surface area contributed by atoms with Crippen molar-refractivity contribution in [2.24, 2.45) is 5.73 Å². The molecule has 1 aromatic carbocycles. The summed E-state index contributed by atoms with van der Waals surface area (Å²) in [5.41, 5.74) is 4.22. The topological polar surface area (TPSA) is 113 Å². The van der Waals surface area contributed by atoms with Crippen molar-refractivity contribution in [1.82, 2.24) is 0 Å². The van der Waals surface area contributed by atoms with Crippen LogP contribution in [0.3, 0.4) is 0 Å². The first-order chi connectivity index (χ1) is 7.93. The smallest absolute Gasteiger partial charge is 0.337 e. The number of carbonyl (C=O) groups is 2. The Balaban J connectivity index is 2.90. The minimum absolute atomic E-state index is 0.290. The van der Waals surface area contributed by atoms with Crippen LogP contribution in [0.5, 0.6) is 0 Å². The molecule has 0 bridgehead atoms. The monoisotopic (exact) mass is 242 g/mol. The number of halogens is 1. The van der Waals surface area contributed by atoms with Crippen molar-refractivity contribution in [2.75, 3.05) is 11.9 Å². The molecule has 17 heavy (non-hydrogen) atoms. The number of carbonyl (C=O) groups excluding carboxylic acids is 1. The second-order valence-electron chi connectivity index (χ2n) is 3.27. The van der Waals surface area contributed by atoms with Crippen LogP contribution in [0.1, 0.15) is 10.4 Å². The summed E-state index contributed by atoms with van der Waals surface area (Å²) in [7, 11) is 0. The third-order valence-electron chi connectivity index (χ3n) is 2.04. The number of aliphatic hydroxyl groups excluding tert-OH is 1. The van der Waals surface area contributed by atoms with Gasteiger partial charge in [0.05, 0.1) is 11.3 Å². The van der Waals surface area contributed by atoms with E-state index >= 15 is 0 Å². The average Bonchev–Trinajstić information content (AvgIpc) is 2.26. The van der Waals surface area contributed by atoms with E-state index in [1.807, 2.05) is 0 Å².